The minimum Gasteiger partial charge on any atom is -0.487 e. The lowest BCUT2D eigenvalue weighted by molar-refractivity contribution is -0.0564. The first-order valence-electron chi connectivity index (χ1n) is 7.96. The Morgan fingerprint density at radius 3 is 2.52 bits per heavy atom. The molecule has 1 unspecified atom stereocenters. The van der Waals surface area contributed by atoms with E-state index >= 15 is 0 Å². The van der Waals surface area contributed by atoms with Gasteiger partial charge in [0.05, 0.1) is 6.10 Å². The summed E-state index contributed by atoms with van der Waals surface area (Å²) in [5.41, 5.74) is 1.15. The molecule has 3 heteroatoms. The quantitative estimate of drug-likeness (QED) is 0.691. The third-order valence-corrected chi connectivity index (χ3v) is 5.84. The summed E-state index contributed by atoms with van der Waals surface area (Å²) in [5, 5.41) is 10.5. The topological polar surface area (TPSA) is 29.5 Å². The molecule has 2 aliphatic rings. The Labute approximate surface area is 136 Å². The number of halogens is 1. The lowest BCUT2D eigenvalue weighted by Crippen LogP contribution is -2.45. The van der Waals surface area contributed by atoms with Crippen molar-refractivity contribution in [3.05, 3.63) is 28.2 Å². The highest BCUT2D eigenvalue weighted by Crippen LogP contribution is 2.50. The zero-order valence-corrected chi connectivity index (χ0v) is 14.7. The van der Waals surface area contributed by atoms with Gasteiger partial charge < -0.3 is 9.84 Å². The van der Waals surface area contributed by atoms with Gasteiger partial charge >= 0.3 is 0 Å². The Hall–Kier alpha value is -0.540. The van der Waals surface area contributed by atoms with Crippen LogP contribution >= 0.6 is 15.9 Å². The third kappa shape index (κ3) is 3.00. The molecule has 0 radical (unpaired) electrons. The maximum atomic E-state index is 10.5. The van der Waals surface area contributed by atoms with E-state index in [1.54, 1.807) is 0 Å². The molecule has 21 heavy (non-hydrogen) atoms. The van der Waals surface area contributed by atoms with Crippen LogP contribution in [0.3, 0.4) is 0 Å². The van der Waals surface area contributed by atoms with Gasteiger partial charge in [0.25, 0.3) is 0 Å². The first-order valence-corrected chi connectivity index (χ1v) is 8.75. The highest BCUT2D eigenvalue weighted by atomic mass is 79.9. The highest BCUT2D eigenvalue weighted by molar-refractivity contribution is 9.10. The molecule has 1 heterocycles. The van der Waals surface area contributed by atoms with Crippen molar-refractivity contribution in [2.45, 2.75) is 64.6 Å². The fourth-order valence-corrected chi connectivity index (χ4v) is 4.27. The average molecular weight is 353 g/mol. The van der Waals surface area contributed by atoms with Gasteiger partial charge in [-0.05, 0) is 49.1 Å². The molecule has 0 bridgehead atoms. The Bertz CT molecular complexity index is 525. The van der Waals surface area contributed by atoms with Crippen molar-refractivity contribution in [1.82, 2.24) is 0 Å². The van der Waals surface area contributed by atoms with Crippen LogP contribution in [0.5, 0.6) is 5.75 Å². The fraction of sp³-hybridized carbons (Fsp3) is 0.667. The fourth-order valence-electron chi connectivity index (χ4n) is 3.93. The molecular formula is C18H25BrO2. The lowest BCUT2D eigenvalue weighted by Gasteiger charge is -2.47. The van der Waals surface area contributed by atoms with Gasteiger partial charge in [-0.15, -0.1) is 0 Å². The van der Waals surface area contributed by atoms with Gasteiger partial charge in [-0.2, -0.15) is 0 Å². The van der Waals surface area contributed by atoms with Gasteiger partial charge in [-0.1, -0.05) is 42.8 Å². The van der Waals surface area contributed by atoms with Crippen LogP contribution in [0.4, 0.5) is 0 Å². The molecule has 0 aromatic heterocycles. The molecular weight excluding hydrogens is 328 g/mol. The molecule has 1 atom stereocenters. The predicted octanol–water partition coefficient (Wildman–Crippen LogP) is 5.24. The maximum absolute atomic E-state index is 10.5. The van der Waals surface area contributed by atoms with Gasteiger partial charge in [0, 0.05) is 16.5 Å². The molecule has 1 saturated carbocycles. The van der Waals surface area contributed by atoms with E-state index in [1.165, 1.54) is 12.8 Å². The van der Waals surface area contributed by atoms with Crippen molar-refractivity contribution in [3.63, 3.8) is 0 Å². The van der Waals surface area contributed by atoms with Crippen LogP contribution in [0.15, 0.2) is 22.7 Å². The number of benzene rings is 1. The summed E-state index contributed by atoms with van der Waals surface area (Å²) in [6.45, 7) is 7.00. The second kappa shape index (κ2) is 5.27. The Kier molecular flexibility index (Phi) is 3.86. The Morgan fingerprint density at radius 2 is 1.90 bits per heavy atom. The van der Waals surface area contributed by atoms with E-state index in [9.17, 15) is 5.11 Å². The summed E-state index contributed by atoms with van der Waals surface area (Å²) in [6, 6.07) is 5.94. The smallest absolute Gasteiger partial charge is 0.127 e. The SMILES string of the molecule is CC(C)(C)C1CCC2(CC1)CC(O)c1ccc(Br)cc1O2. The van der Waals surface area contributed by atoms with E-state index in [4.69, 9.17) is 4.74 Å². The molecule has 1 fully saturated rings. The molecule has 1 aromatic rings. The summed E-state index contributed by atoms with van der Waals surface area (Å²) >= 11 is 3.50. The molecule has 1 aliphatic heterocycles. The van der Waals surface area contributed by atoms with Crippen molar-refractivity contribution >= 4 is 15.9 Å². The summed E-state index contributed by atoms with van der Waals surface area (Å²) in [7, 11) is 0. The van der Waals surface area contributed by atoms with Gasteiger partial charge in [0.2, 0.25) is 0 Å². The van der Waals surface area contributed by atoms with Crippen LogP contribution < -0.4 is 4.74 Å². The zero-order chi connectivity index (χ0) is 15.3. The summed E-state index contributed by atoms with van der Waals surface area (Å²) in [5.74, 6) is 1.62. The first-order chi connectivity index (χ1) is 9.79. The van der Waals surface area contributed by atoms with Gasteiger partial charge in [-0.25, -0.2) is 0 Å². The minimum absolute atomic E-state index is 0.158. The molecule has 1 aromatic carbocycles. The number of hydrogen-bond acceptors (Lipinski definition) is 2. The second-order valence-electron chi connectivity index (χ2n) is 7.83. The summed E-state index contributed by atoms with van der Waals surface area (Å²) < 4.78 is 7.39. The molecule has 116 valence electrons. The van der Waals surface area contributed by atoms with E-state index < -0.39 is 6.10 Å². The number of aliphatic hydroxyl groups excluding tert-OH is 1. The number of hydrogen-bond donors (Lipinski definition) is 1. The third-order valence-electron chi connectivity index (χ3n) is 5.35. The Morgan fingerprint density at radius 1 is 1.24 bits per heavy atom. The minimum atomic E-state index is -0.395. The zero-order valence-electron chi connectivity index (χ0n) is 13.2. The van der Waals surface area contributed by atoms with Crippen LogP contribution in [0.1, 0.15) is 64.5 Å². The Balaban J connectivity index is 1.80. The largest absolute Gasteiger partial charge is 0.487 e. The van der Waals surface area contributed by atoms with E-state index in [0.29, 0.717) is 5.41 Å². The van der Waals surface area contributed by atoms with Crippen LogP contribution in [-0.2, 0) is 0 Å². The van der Waals surface area contributed by atoms with Crippen LogP contribution in [0.2, 0.25) is 0 Å². The predicted molar refractivity (Wildman–Crippen MR) is 88.5 cm³/mol. The van der Waals surface area contributed by atoms with Crippen LogP contribution in [0.25, 0.3) is 0 Å². The van der Waals surface area contributed by atoms with Gasteiger partial charge in [0.1, 0.15) is 11.4 Å². The van der Waals surface area contributed by atoms with Crippen LogP contribution in [-0.4, -0.2) is 10.7 Å². The number of fused-ring (bicyclic) bond motifs is 1. The standard InChI is InChI=1S/C18H25BrO2/c1-17(2,3)12-6-8-18(9-7-12)11-15(20)14-5-4-13(19)10-16(14)21-18/h4-5,10,12,15,20H,6-9,11H2,1-3H3. The number of aliphatic hydroxyl groups is 1. The van der Waals surface area contributed by atoms with Crippen LogP contribution in [0, 0.1) is 11.3 Å². The van der Waals surface area contributed by atoms with E-state index in [2.05, 4.69) is 36.7 Å². The van der Waals surface area contributed by atoms with Gasteiger partial charge in [0.15, 0.2) is 0 Å². The highest BCUT2D eigenvalue weighted by Gasteiger charge is 2.44. The van der Waals surface area contributed by atoms with Gasteiger partial charge in [-0.3, -0.25) is 0 Å². The molecule has 1 aliphatic carbocycles. The average Bonchev–Trinajstić information content (AvgIpc) is 2.37. The van der Waals surface area contributed by atoms with Crippen molar-refractivity contribution < 1.29 is 9.84 Å². The summed E-state index contributed by atoms with van der Waals surface area (Å²) in [6.07, 6.45) is 4.83. The molecule has 0 saturated heterocycles. The lowest BCUT2D eigenvalue weighted by atomic mass is 9.66. The molecule has 2 nitrogen and oxygen atoms in total. The van der Waals surface area contributed by atoms with E-state index in [-0.39, 0.29) is 5.60 Å². The van der Waals surface area contributed by atoms with E-state index in [0.717, 1.165) is 41.0 Å². The normalized spacial score (nSPS) is 32.6. The molecule has 1 spiro atoms. The summed E-state index contributed by atoms with van der Waals surface area (Å²) in [4.78, 5) is 0. The number of ether oxygens (including phenoxy) is 1. The number of rotatable bonds is 0. The first kappa shape index (κ1) is 15.4. The monoisotopic (exact) mass is 352 g/mol. The van der Waals surface area contributed by atoms with E-state index in [1.807, 2.05) is 18.2 Å². The van der Waals surface area contributed by atoms with Crippen molar-refractivity contribution in [3.8, 4) is 5.75 Å². The molecule has 0 amide bonds. The van der Waals surface area contributed by atoms with Crippen molar-refractivity contribution in [2.75, 3.05) is 0 Å². The maximum Gasteiger partial charge on any atom is 0.127 e. The molecule has 1 N–H and O–H groups in total. The molecule has 3 rings (SSSR count). The second-order valence-corrected chi connectivity index (χ2v) is 8.74. The van der Waals surface area contributed by atoms with Crippen molar-refractivity contribution in [2.24, 2.45) is 11.3 Å². The van der Waals surface area contributed by atoms with Crippen molar-refractivity contribution in [1.29, 1.82) is 0 Å².